The second-order valence-corrected chi connectivity index (χ2v) is 8.69. The predicted octanol–water partition coefficient (Wildman–Crippen LogP) is 3.12. The van der Waals surface area contributed by atoms with E-state index >= 15 is 0 Å². The third kappa shape index (κ3) is 4.98. The van der Waals surface area contributed by atoms with Gasteiger partial charge in [-0.1, -0.05) is 27.7 Å². The van der Waals surface area contributed by atoms with Gasteiger partial charge in [0.1, 0.15) is 12.1 Å². The zero-order valence-electron chi connectivity index (χ0n) is 17.5. The van der Waals surface area contributed by atoms with Crippen molar-refractivity contribution < 1.29 is 4.79 Å². The number of aromatic nitrogens is 4. The largest absolute Gasteiger partial charge is 0.338 e. The summed E-state index contributed by atoms with van der Waals surface area (Å²) in [7, 11) is 0. The standard InChI is InChI=1S/C20H33N7O/c1-5-8-21-19(28)25-17-16-13-24-27(18(16)23-14-22-17)12-11-26-9-6-15(7-10-26)20(2,3)4/h13-15H,5-12H2,1-4H3,(H2,21,22,23,25,28). The summed E-state index contributed by atoms with van der Waals surface area (Å²) in [4.78, 5) is 23.0. The van der Waals surface area contributed by atoms with E-state index in [9.17, 15) is 4.79 Å². The van der Waals surface area contributed by atoms with Crippen LogP contribution < -0.4 is 10.6 Å². The normalized spacial score (nSPS) is 16.4. The number of fused-ring (bicyclic) bond motifs is 1. The molecule has 1 aliphatic rings. The van der Waals surface area contributed by atoms with Crippen molar-refractivity contribution in [3.63, 3.8) is 0 Å². The molecule has 2 aromatic rings. The number of rotatable bonds is 6. The number of carbonyl (C=O) groups is 1. The molecule has 0 aromatic carbocycles. The highest BCUT2D eigenvalue weighted by Crippen LogP contribution is 2.34. The van der Waals surface area contributed by atoms with E-state index in [0.717, 1.165) is 49.6 Å². The van der Waals surface area contributed by atoms with Crippen LogP contribution >= 0.6 is 0 Å². The van der Waals surface area contributed by atoms with Crippen LogP contribution in [0.25, 0.3) is 11.0 Å². The topological polar surface area (TPSA) is 88.0 Å². The Balaban J connectivity index is 1.59. The van der Waals surface area contributed by atoms with E-state index in [0.29, 0.717) is 17.8 Å². The molecule has 0 spiro atoms. The Hall–Kier alpha value is -2.22. The number of nitrogens with zero attached hydrogens (tertiary/aromatic N) is 5. The van der Waals surface area contributed by atoms with Crippen LogP contribution in [0.4, 0.5) is 10.6 Å². The van der Waals surface area contributed by atoms with Crippen molar-refractivity contribution in [1.82, 2.24) is 30.0 Å². The van der Waals surface area contributed by atoms with E-state index in [4.69, 9.17) is 0 Å². The summed E-state index contributed by atoms with van der Waals surface area (Å²) in [6.07, 6.45) is 6.61. The molecule has 0 unspecified atom stereocenters. The minimum absolute atomic E-state index is 0.253. The number of anilines is 1. The molecule has 154 valence electrons. The average molecular weight is 388 g/mol. The molecular weight excluding hydrogens is 354 g/mol. The predicted molar refractivity (Wildman–Crippen MR) is 111 cm³/mol. The van der Waals surface area contributed by atoms with Gasteiger partial charge in [-0.05, 0) is 43.7 Å². The average Bonchev–Trinajstić information content (AvgIpc) is 3.08. The maximum absolute atomic E-state index is 11.9. The van der Waals surface area contributed by atoms with Crippen molar-refractivity contribution in [3.05, 3.63) is 12.5 Å². The van der Waals surface area contributed by atoms with Crippen molar-refractivity contribution in [2.75, 3.05) is 31.5 Å². The number of amides is 2. The van der Waals surface area contributed by atoms with Crippen LogP contribution in [0, 0.1) is 11.3 Å². The summed E-state index contributed by atoms with van der Waals surface area (Å²) in [5.74, 6) is 1.30. The van der Waals surface area contributed by atoms with Gasteiger partial charge in [-0.2, -0.15) is 5.10 Å². The molecule has 2 N–H and O–H groups in total. The van der Waals surface area contributed by atoms with Gasteiger partial charge in [-0.3, -0.25) is 5.32 Å². The maximum Gasteiger partial charge on any atom is 0.320 e. The molecule has 3 heterocycles. The summed E-state index contributed by atoms with van der Waals surface area (Å²) in [5, 5.41) is 10.8. The fraction of sp³-hybridized carbons (Fsp3) is 0.700. The van der Waals surface area contributed by atoms with E-state index in [-0.39, 0.29) is 6.03 Å². The molecule has 0 bridgehead atoms. The molecule has 28 heavy (non-hydrogen) atoms. The summed E-state index contributed by atoms with van der Waals surface area (Å²) in [6, 6.07) is -0.253. The van der Waals surface area contributed by atoms with Crippen molar-refractivity contribution in [1.29, 1.82) is 0 Å². The van der Waals surface area contributed by atoms with Gasteiger partial charge < -0.3 is 10.2 Å². The molecule has 2 amide bonds. The van der Waals surface area contributed by atoms with Gasteiger partial charge in [0.15, 0.2) is 5.65 Å². The molecule has 2 aromatic heterocycles. The third-order valence-electron chi connectivity index (χ3n) is 5.64. The number of carbonyl (C=O) groups excluding carboxylic acids is 1. The van der Waals surface area contributed by atoms with Gasteiger partial charge in [0.25, 0.3) is 0 Å². The van der Waals surface area contributed by atoms with Crippen LogP contribution in [0.15, 0.2) is 12.5 Å². The van der Waals surface area contributed by atoms with E-state index in [1.807, 2.05) is 11.6 Å². The number of likely N-dealkylation sites (tertiary alicyclic amines) is 1. The van der Waals surface area contributed by atoms with Crippen LogP contribution in [-0.4, -0.2) is 56.9 Å². The van der Waals surface area contributed by atoms with Crippen molar-refractivity contribution in [2.24, 2.45) is 11.3 Å². The number of hydrogen-bond acceptors (Lipinski definition) is 5. The number of hydrogen-bond donors (Lipinski definition) is 2. The first kappa shape index (κ1) is 20.5. The van der Waals surface area contributed by atoms with E-state index in [1.54, 1.807) is 6.20 Å². The molecule has 1 saturated heterocycles. The number of piperidine rings is 1. The van der Waals surface area contributed by atoms with Gasteiger partial charge in [0.05, 0.1) is 18.1 Å². The summed E-state index contributed by atoms with van der Waals surface area (Å²) in [6.45, 7) is 13.7. The molecule has 0 radical (unpaired) electrons. The van der Waals surface area contributed by atoms with E-state index in [1.165, 1.54) is 19.2 Å². The quantitative estimate of drug-likeness (QED) is 0.795. The highest BCUT2D eigenvalue weighted by molar-refractivity contribution is 5.97. The van der Waals surface area contributed by atoms with Crippen LogP contribution in [0.1, 0.15) is 47.0 Å². The molecule has 3 rings (SSSR count). The molecule has 0 aliphatic carbocycles. The highest BCUT2D eigenvalue weighted by Gasteiger charge is 2.28. The molecule has 0 atom stereocenters. The SMILES string of the molecule is CCCNC(=O)Nc1ncnc2c1cnn2CCN1CCC(C(C)(C)C)CC1. The summed E-state index contributed by atoms with van der Waals surface area (Å²) in [5.41, 5.74) is 1.15. The molecule has 8 nitrogen and oxygen atoms in total. The lowest BCUT2D eigenvalue weighted by atomic mass is 9.75. The maximum atomic E-state index is 11.9. The first-order chi connectivity index (χ1) is 13.4. The van der Waals surface area contributed by atoms with Gasteiger partial charge in [-0.15, -0.1) is 0 Å². The lowest BCUT2D eigenvalue weighted by Crippen LogP contribution is -2.39. The molecule has 1 aliphatic heterocycles. The summed E-state index contributed by atoms with van der Waals surface area (Å²) >= 11 is 0. The Labute approximate surface area is 167 Å². The summed E-state index contributed by atoms with van der Waals surface area (Å²) < 4.78 is 1.90. The fourth-order valence-corrected chi connectivity index (χ4v) is 3.81. The Bertz CT molecular complexity index is 787. The lowest BCUT2D eigenvalue weighted by Gasteiger charge is -2.38. The van der Waals surface area contributed by atoms with Gasteiger partial charge >= 0.3 is 6.03 Å². The zero-order chi connectivity index (χ0) is 20.1. The minimum Gasteiger partial charge on any atom is -0.338 e. The van der Waals surface area contributed by atoms with Crippen LogP contribution in [0.3, 0.4) is 0 Å². The van der Waals surface area contributed by atoms with E-state index < -0.39 is 0 Å². The lowest BCUT2D eigenvalue weighted by molar-refractivity contribution is 0.109. The second-order valence-electron chi connectivity index (χ2n) is 8.69. The van der Waals surface area contributed by atoms with Crippen molar-refractivity contribution >= 4 is 22.9 Å². The van der Waals surface area contributed by atoms with Crippen LogP contribution in [0.2, 0.25) is 0 Å². The minimum atomic E-state index is -0.253. The molecule has 8 heteroatoms. The first-order valence-electron chi connectivity index (χ1n) is 10.3. The Morgan fingerprint density at radius 2 is 1.96 bits per heavy atom. The second kappa shape index (κ2) is 8.86. The monoisotopic (exact) mass is 387 g/mol. The number of nitrogens with one attached hydrogen (secondary N) is 2. The van der Waals surface area contributed by atoms with Gasteiger partial charge in [-0.25, -0.2) is 19.4 Å². The fourth-order valence-electron chi connectivity index (χ4n) is 3.81. The molecule has 0 saturated carbocycles. The van der Waals surface area contributed by atoms with Crippen LogP contribution in [0.5, 0.6) is 0 Å². The third-order valence-corrected chi connectivity index (χ3v) is 5.64. The van der Waals surface area contributed by atoms with Crippen LogP contribution in [-0.2, 0) is 6.54 Å². The Kier molecular flexibility index (Phi) is 6.49. The van der Waals surface area contributed by atoms with Crippen molar-refractivity contribution in [2.45, 2.75) is 53.5 Å². The Morgan fingerprint density at radius 1 is 1.21 bits per heavy atom. The number of urea groups is 1. The zero-order valence-corrected chi connectivity index (χ0v) is 17.5. The first-order valence-corrected chi connectivity index (χ1v) is 10.3. The smallest absolute Gasteiger partial charge is 0.320 e. The Morgan fingerprint density at radius 3 is 2.64 bits per heavy atom. The van der Waals surface area contributed by atoms with Crippen molar-refractivity contribution in [3.8, 4) is 0 Å². The van der Waals surface area contributed by atoms with E-state index in [2.05, 4.69) is 51.4 Å². The highest BCUT2D eigenvalue weighted by atomic mass is 16.2. The van der Waals surface area contributed by atoms with Gasteiger partial charge in [0.2, 0.25) is 0 Å². The van der Waals surface area contributed by atoms with Gasteiger partial charge in [0, 0.05) is 13.1 Å². The molecule has 1 fully saturated rings. The molecular formula is C20H33N7O.